The van der Waals surface area contributed by atoms with Gasteiger partial charge in [-0.15, -0.1) is 0 Å². The number of hydrogen-bond acceptors (Lipinski definition) is 11. The number of ether oxygens (including phenoxy) is 1. The van der Waals surface area contributed by atoms with Crippen molar-refractivity contribution >= 4 is 52.2 Å². The monoisotopic (exact) mass is 739 g/mol. The van der Waals surface area contributed by atoms with E-state index in [9.17, 15) is 40.7 Å². The van der Waals surface area contributed by atoms with Gasteiger partial charge in [0.2, 0.25) is 5.95 Å². The van der Waals surface area contributed by atoms with Crippen LogP contribution in [0.4, 0.5) is 49.5 Å². The summed E-state index contributed by atoms with van der Waals surface area (Å²) in [6, 6.07) is 9.77. The normalized spacial score (nSPS) is 14.7. The second kappa shape index (κ2) is 15.3. The SMILES string of the molecule is Cc1cc(C(=O)N2CCC(COc3ccc4cc3CCc3cncc(c3)Nc3ncc(Cl)c(n3)N4)CC2)no1.O=C(C(=O)C(F)(F)F)C(F)(F)F. The molecular formula is C32H28ClF6N7O5. The van der Waals surface area contributed by atoms with Gasteiger partial charge in [-0.1, -0.05) is 16.8 Å². The molecule has 0 unspecified atom stereocenters. The van der Waals surface area contributed by atoms with Gasteiger partial charge in [0.25, 0.3) is 5.91 Å². The van der Waals surface area contributed by atoms with Crippen molar-refractivity contribution in [3.8, 4) is 5.75 Å². The van der Waals surface area contributed by atoms with Gasteiger partial charge in [-0.25, -0.2) is 4.98 Å². The lowest BCUT2D eigenvalue weighted by atomic mass is 9.97. The van der Waals surface area contributed by atoms with E-state index in [4.69, 9.17) is 20.9 Å². The van der Waals surface area contributed by atoms with E-state index < -0.39 is 23.9 Å². The Balaban J connectivity index is 0.000000362. The highest BCUT2D eigenvalue weighted by Crippen LogP contribution is 2.31. The second-order valence-electron chi connectivity index (χ2n) is 11.6. The number of nitrogens with one attached hydrogen (secondary N) is 2. The van der Waals surface area contributed by atoms with Gasteiger partial charge in [-0.2, -0.15) is 31.3 Å². The third-order valence-corrected chi connectivity index (χ3v) is 8.02. The molecule has 19 heteroatoms. The van der Waals surface area contributed by atoms with Crippen LogP contribution in [0.1, 0.15) is 40.2 Å². The number of likely N-dealkylation sites (tertiary alicyclic amines) is 1. The van der Waals surface area contributed by atoms with Crippen molar-refractivity contribution in [2.45, 2.75) is 45.0 Å². The number of alkyl halides is 6. The molecule has 2 N–H and O–H groups in total. The van der Waals surface area contributed by atoms with Crippen molar-refractivity contribution < 1.29 is 50.0 Å². The largest absolute Gasteiger partial charge is 0.493 e. The Kier molecular flexibility index (Phi) is 11.1. The fraction of sp³-hybridized carbons (Fsp3) is 0.344. The number of pyridine rings is 1. The van der Waals surface area contributed by atoms with E-state index >= 15 is 0 Å². The van der Waals surface area contributed by atoms with Gasteiger partial charge in [0.05, 0.1) is 24.7 Å². The zero-order valence-corrected chi connectivity index (χ0v) is 27.3. The summed E-state index contributed by atoms with van der Waals surface area (Å²) in [5, 5.41) is 10.8. The van der Waals surface area contributed by atoms with Gasteiger partial charge >= 0.3 is 23.9 Å². The van der Waals surface area contributed by atoms with E-state index in [2.05, 4.69) is 42.9 Å². The third kappa shape index (κ3) is 9.71. The summed E-state index contributed by atoms with van der Waals surface area (Å²) in [6.07, 6.45) is -3.04. The quantitative estimate of drug-likeness (QED) is 0.169. The average molecular weight is 740 g/mol. The fourth-order valence-corrected chi connectivity index (χ4v) is 5.28. The van der Waals surface area contributed by atoms with Crippen LogP contribution in [0, 0.1) is 12.8 Å². The van der Waals surface area contributed by atoms with Gasteiger partial charge in [-0.05, 0) is 73.9 Å². The molecule has 6 bridgehead atoms. The molecular weight excluding hydrogens is 712 g/mol. The number of anilines is 4. The highest BCUT2D eigenvalue weighted by atomic mass is 35.5. The average Bonchev–Trinajstić information content (AvgIpc) is 3.53. The molecule has 1 saturated heterocycles. The number of benzene rings is 1. The molecule has 0 aliphatic carbocycles. The van der Waals surface area contributed by atoms with Crippen LogP contribution in [0.2, 0.25) is 5.02 Å². The van der Waals surface area contributed by atoms with Gasteiger partial charge in [-0.3, -0.25) is 19.4 Å². The molecule has 4 aromatic rings. The molecule has 1 fully saturated rings. The van der Waals surface area contributed by atoms with Crippen molar-refractivity contribution in [3.63, 3.8) is 0 Å². The fourth-order valence-electron chi connectivity index (χ4n) is 5.14. The number of piperidine rings is 1. The minimum Gasteiger partial charge on any atom is -0.493 e. The maximum absolute atomic E-state index is 12.7. The predicted octanol–water partition coefficient (Wildman–Crippen LogP) is 6.59. The molecule has 1 aromatic carbocycles. The predicted molar refractivity (Wildman–Crippen MR) is 169 cm³/mol. The van der Waals surface area contributed by atoms with E-state index in [1.54, 1.807) is 25.4 Å². The van der Waals surface area contributed by atoms with Gasteiger partial charge < -0.3 is 24.8 Å². The first-order chi connectivity index (χ1) is 24.1. The first-order valence-corrected chi connectivity index (χ1v) is 15.7. The van der Waals surface area contributed by atoms with Crippen LogP contribution in [0.25, 0.3) is 0 Å². The van der Waals surface area contributed by atoms with Crippen LogP contribution in [0.15, 0.2) is 53.4 Å². The summed E-state index contributed by atoms with van der Waals surface area (Å²) in [7, 11) is 0. The Morgan fingerprint density at radius 3 is 2.29 bits per heavy atom. The maximum atomic E-state index is 12.7. The Labute approximate surface area is 290 Å². The van der Waals surface area contributed by atoms with Gasteiger partial charge in [0.15, 0.2) is 11.5 Å². The Morgan fingerprint density at radius 1 is 0.941 bits per heavy atom. The van der Waals surface area contributed by atoms with Crippen molar-refractivity contribution in [2.24, 2.45) is 5.92 Å². The third-order valence-electron chi connectivity index (χ3n) is 7.75. The Bertz CT molecular complexity index is 1890. The van der Waals surface area contributed by atoms with E-state index in [-0.39, 0.29) is 5.91 Å². The number of ketones is 2. The Hall–Kier alpha value is -5.26. The standard InChI is InChI=1S/C28H28ClN7O3.C4F6O2/c1-17-10-24(35-39-17)27(37)36-8-6-18(7-9-36)16-38-25-5-4-21-12-20(25)3-2-19-11-22(14-30-13-19)33-28-31-15-23(29)26(32-21)34-28;5-3(6,7)1(11)2(12)4(8,9)10/h4-5,10-15,18H,2-3,6-9,16H2,1H3,(H2,31,32,33,34);. The topological polar surface area (TPSA) is 152 Å². The molecule has 2 aliphatic rings. The number of rotatable bonds is 5. The number of fused-ring (bicyclic) bond motifs is 6. The number of halogens is 7. The molecule has 6 rings (SSSR count). The zero-order valence-electron chi connectivity index (χ0n) is 26.6. The molecule has 270 valence electrons. The smallest absolute Gasteiger partial charge is 0.458 e. The number of aromatic nitrogens is 4. The van der Waals surface area contributed by atoms with Crippen LogP contribution in [-0.4, -0.2) is 74.5 Å². The molecule has 51 heavy (non-hydrogen) atoms. The van der Waals surface area contributed by atoms with Crippen LogP contribution in [0.3, 0.4) is 0 Å². The van der Waals surface area contributed by atoms with Crippen molar-refractivity contribution in [1.29, 1.82) is 0 Å². The molecule has 12 nitrogen and oxygen atoms in total. The molecule has 0 radical (unpaired) electrons. The number of amides is 1. The minimum atomic E-state index is -5.77. The van der Waals surface area contributed by atoms with Gasteiger partial charge in [0, 0.05) is 31.0 Å². The molecule has 0 spiro atoms. The summed E-state index contributed by atoms with van der Waals surface area (Å²) in [5.41, 5.74) is 4.22. The molecule has 5 heterocycles. The number of aryl methyl sites for hydroxylation is 3. The number of carbonyl (C=O) groups excluding carboxylic acids is 3. The Morgan fingerprint density at radius 2 is 1.65 bits per heavy atom. The lowest BCUT2D eigenvalue weighted by Crippen LogP contribution is -2.39. The highest BCUT2D eigenvalue weighted by molar-refractivity contribution is 6.41. The molecule has 2 aliphatic heterocycles. The molecule has 1 amide bonds. The summed E-state index contributed by atoms with van der Waals surface area (Å²) in [5.74, 6) is -4.10. The zero-order chi connectivity index (χ0) is 36.9. The van der Waals surface area contributed by atoms with Crippen LogP contribution < -0.4 is 15.4 Å². The van der Waals surface area contributed by atoms with E-state index in [1.165, 1.54) is 0 Å². The number of Topliss-reactive ketones (excluding diaryl/α,β-unsaturated/α-hetero) is 2. The lowest BCUT2D eigenvalue weighted by molar-refractivity contribution is -0.193. The first kappa shape index (κ1) is 37.0. The lowest BCUT2D eigenvalue weighted by Gasteiger charge is -2.31. The van der Waals surface area contributed by atoms with Crippen LogP contribution in [0.5, 0.6) is 5.75 Å². The highest BCUT2D eigenvalue weighted by Gasteiger charge is 2.54. The van der Waals surface area contributed by atoms with E-state index in [0.29, 0.717) is 53.9 Å². The van der Waals surface area contributed by atoms with Gasteiger partial charge in [0.1, 0.15) is 16.5 Å². The van der Waals surface area contributed by atoms with Crippen molar-refractivity contribution in [1.82, 2.24) is 25.0 Å². The molecule has 3 aromatic heterocycles. The second-order valence-corrected chi connectivity index (χ2v) is 12.0. The van der Waals surface area contributed by atoms with E-state index in [0.717, 1.165) is 53.9 Å². The number of nitrogens with zero attached hydrogens (tertiary/aromatic N) is 5. The van der Waals surface area contributed by atoms with E-state index in [1.807, 2.05) is 23.2 Å². The maximum Gasteiger partial charge on any atom is 0.458 e. The minimum absolute atomic E-state index is 0.0785. The van der Waals surface area contributed by atoms with Crippen molar-refractivity contribution in [3.05, 3.63) is 76.5 Å². The summed E-state index contributed by atoms with van der Waals surface area (Å²) in [6.45, 7) is 3.72. The van der Waals surface area contributed by atoms with Crippen molar-refractivity contribution in [2.75, 3.05) is 30.3 Å². The van der Waals surface area contributed by atoms with Crippen LogP contribution in [-0.2, 0) is 22.4 Å². The molecule has 0 saturated carbocycles. The summed E-state index contributed by atoms with van der Waals surface area (Å²) in [4.78, 5) is 47.0. The van der Waals surface area contributed by atoms with Crippen LogP contribution >= 0.6 is 11.6 Å². The molecule has 0 atom stereocenters. The summed E-state index contributed by atoms with van der Waals surface area (Å²) >= 11 is 6.38. The first-order valence-electron chi connectivity index (χ1n) is 15.3. The summed E-state index contributed by atoms with van der Waals surface area (Å²) < 4.78 is 78.4. The number of hydrogen-bond donors (Lipinski definition) is 2. The number of carbonyl (C=O) groups is 3.